The molecule has 45 heavy (non-hydrogen) atoms. The lowest BCUT2D eigenvalue weighted by Crippen LogP contribution is -2.41. The van der Waals surface area contributed by atoms with Crippen LogP contribution < -0.4 is 10.1 Å². The minimum Gasteiger partial charge on any atom is -0.497 e. The van der Waals surface area contributed by atoms with Crippen LogP contribution in [0.5, 0.6) is 5.75 Å². The Labute approximate surface area is 272 Å². The minimum atomic E-state index is -1.03. The van der Waals surface area contributed by atoms with Crippen LogP contribution in [0.15, 0.2) is 66.7 Å². The van der Waals surface area contributed by atoms with Crippen LogP contribution in [0.2, 0.25) is 0 Å². The highest BCUT2D eigenvalue weighted by Crippen LogP contribution is 2.30. The van der Waals surface area contributed by atoms with E-state index in [0.29, 0.717) is 43.5 Å². The monoisotopic (exact) mass is 633 g/mol. The van der Waals surface area contributed by atoms with E-state index in [9.17, 15) is 14.7 Å². The Morgan fingerprint density at radius 1 is 0.956 bits per heavy atom. The summed E-state index contributed by atoms with van der Waals surface area (Å²) in [4.78, 5) is 25.3. The van der Waals surface area contributed by atoms with E-state index in [2.05, 4.69) is 5.32 Å². The van der Waals surface area contributed by atoms with Crippen LogP contribution in [0.25, 0.3) is 11.1 Å². The molecule has 0 radical (unpaired) electrons. The number of carboxylic acids is 1. The molecule has 0 bridgehead atoms. The first kappa shape index (κ1) is 34.5. The Bertz CT molecular complexity index is 1370. The van der Waals surface area contributed by atoms with Gasteiger partial charge in [0.15, 0.2) is 0 Å². The van der Waals surface area contributed by atoms with Gasteiger partial charge in [0.2, 0.25) is 0 Å². The summed E-state index contributed by atoms with van der Waals surface area (Å²) >= 11 is 1.55. The van der Waals surface area contributed by atoms with Gasteiger partial charge in [0.1, 0.15) is 11.8 Å². The molecular weight excluding hydrogens is 586 g/mol. The van der Waals surface area contributed by atoms with Gasteiger partial charge in [-0.3, -0.25) is 4.79 Å². The van der Waals surface area contributed by atoms with E-state index in [1.807, 2.05) is 73.8 Å². The maximum atomic E-state index is 13.4. The number of thioether (sulfide) groups is 1. The first-order chi connectivity index (χ1) is 21.9. The zero-order valence-corrected chi connectivity index (χ0v) is 27.6. The van der Waals surface area contributed by atoms with E-state index in [4.69, 9.17) is 14.2 Å². The zero-order chi connectivity index (χ0) is 32.0. The lowest BCUT2D eigenvalue weighted by atomic mass is 9.85. The van der Waals surface area contributed by atoms with E-state index in [0.717, 1.165) is 40.0 Å². The second-order valence-electron chi connectivity index (χ2n) is 11.9. The van der Waals surface area contributed by atoms with Crippen molar-refractivity contribution in [1.82, 2.24) is 5.32 Å². The van der Waals surface area contributed by atoms with Crippen molar-refractivity contribution in [3.8, 4) is 16.9 Å². The fourth-order valence-corrected chi connectivity index (χ4v) is 6.40. The van der Waals surface area contributed by atoms with Gasteiger partial charge in [-0.25, -0.2) is 4.79 Å². The number of methoxy groups -OCH3 is 1. The Hall–Kier alpha value is -3.33. The minimum absolute atomic E-state index is 0.0228. The molecule has 242 valence electrons. The average Bonchev–Trinajstić information content (AvgIpc) is 3.06. The molecule has 0 unspecified atom stereocenters. The molecule has 2 N–H and O–H groups in total. The fourth-order valence-electron chi connectivity index (χ4n) is 5.93. The highest BCUT2D eigenvalue weighted by molar-refractivity contribution is 7.98. The van der Waals surface area contributed by atoms with Crippen LogP contribution in [0.4, 0.5) is 0 Å². The van der Waals surface area contributed by atoms with E-state index in [1.165, 1.54) is 32.1 Å². The third-order valence-electron chi connectivity index (χ3n) is 8.52. The number of benzene rings is 3. The van der Waals surface area contributed by atoms with E-state index in [-0.39, 0.29) is 6.10 Å². The molecule has 3 aromatic rings. The molecule has 1 amide bonds. The maximum absolute atomic E-state index is 13.4. The standard InChI is InChI=1S/C37H47NO6S/c1-26-9-7-8-12-32(26)34-22-29(15-18-33(34)36(39)38-35(37(40)41)19-20-45-3)23-43-25-31(21-27-10-5-4-6-11-27)44-24-28-13-16-30(42-2)17-14-28/h7-9,12-18,22,27,31,35H,4-6,10-11,19-21,23-25H2,1-3H3,(H,38,39)(H,40,41)/t31-,35-/m0/s1. The average molecular weight is 634 g/mol. The third kappa shape index (κ3) is 10.6. The fraction of sp³-hybridized carbons (Fsp3) is 0.459. The topological polar surface area (TPSA) is 94.1 Å². The number of carbonyl (C=O) groups is 2. The number of nitrogens with one attached hydrogen (secondary N) is 1. The second-order valence-corrected chi connectivity index (χ2v) is 12.9. The summed E-state index contributed by atoms with van der Waals surface area (Å²) in [5, 5.41) is 12.4. The summed E-state index contributed by atoms with van der Waals surface area (Å²) < 4.78 is 18.0. The van der Waals surface area contributed by atoms with Gasteiger partial charge < -0.3 is 24.6 Å². The molecule has 2 atom stereocenters. The maximum Gasteiger partial charge on any atom is 0.326 e. The lowest BCUT2D eigenvalue weighted by Gasteiger charge is -2.27. The van der Waals surface area contributed by atoms with E-state index in [1.54, 1.807) is 24.9 Å². The van der Waals surface area contributed by atoms with Crippen LogP contribution in [-0.2, 0) is 27.5 Å². The number of aliphatic carboxylic acids is 1. The van der Waals surface area contributed by atoms with Gasteiger partial charge >= 0.3 is 5.97 Å². The second kappa shape index (κ2) is 18.0. The molecule has 0 aliphatic heterocycles. The predicted octanol–water partition coefficient (Wildman–Crippen LogP) is 7.68. The molecule has 1 fully saturated rings. The smallest absolute Gasteiger partial charge is 0.326 e. The largest absolute Gasteiger partial charge is 0.497 e. The van der Waals surface area contributed by atoms with Gasteiger partial charge in [0.05, 0.1) is 33.0 Å². The first-order valence-corrected chi connectivity index (χ1v) is 17.3. The molecule has 3 aromatic carbocycles. The Balaban J connectivity index is 1.47. The normalized spacial score (nSPS) is 14.9. The zero-order valence-electron chi connectivity index (χ0n) is 26.8. The van der Waals surface area contributed by atoms with E-state index < -0.39 is 17.9 Å². The summed E-state index contributed by atoms with van der Waals surface area (Å²) in [5.41, 5.74) is 5.20. The Kier molecular flexibility index (Phi) is 13.8. The van der Waals surface area contributed by atoms with Crippen LogP contribution >= 0.6 is 11.8 Å². The number of carboxylic acid groups (broad SMARTS) is 1. The molecular formula is C37H47NO6S. The van der Waals surface area contributed by atoms with Gasteiger partial charge in [-0.15, -0.1) is 0 Å². The molecule has 0 aromatic heterocycles. The van der Waals surface area contributed by atoms with Gasteiger partial charge in [0, 0.05) is 5.56 Å². The summed E-state index contributed by atoms with van der Waals surface area (Å²) in [7, 11) is 1.66. The van der Waals surface area contributed by atoms with Crippen molar-refractivity contribution < 1.29 is 28.9 Å². The van der Waals surface area contributed by atoms with Crippen molar-refractivity contribution >= 4 is 23.6 Å². The molecule has 1 aliphatic rings. The van der Waals surface area contributed by atoms with Gasteiger partial charge in [-0.1, -0.05) is 74.6 Å². The predicted molar refractivity (Wildman–Crippen MR) is 181 cm³/mol. The molecule has 7 nitrogen and oxygen atoms in total. The van der Waals surface area contributed by atoms with Crippen LogP contribution in [0.3, 0.4) is 0 Å². The van der Waals surface area contributed by atoms with Crippen molar-refractivity contribution in [2.24, 2.45) is 5.92 Å². The number of aryl methyl sites for hydroxylation is 1. The molecule has 8 heteroatoms. The van der Waals surface area contributed by atoms with Gasteiger partial charge in [0.25, 0.3) is 5.91 Å². The number of amides is 1. The van der Waals surface area contributed by atoms with Crippen molar-refractivity contribution in [3.05, 3.63) is 89.0 Å². The quantitative estimate of drug-likeness (QED) is 0.158. The third-order valence-corrected chi connectivity index (χ3v) is 9.16. The molecule has 1 saturated carbocycles. The molecule has 0 saturated heterocycles. The molecule has 1 aliphatic carbocycles. The summed E-state index contributed by atoms with van der Waals surface area (Å²) in [5.74, 6) is 0.695. The molecule has 0 spiro atoms. The van der Waals surface area contributed by atoms with Gasteiger partial charge in [-0.05, 0) is 89.8 Å². The number of hydrogen-bond acceptors (Lipinski definition) is 6. The van der Waals surface area contributed by atoms with Crippen molar-refractivity contribution in [3.63, 3.8) is 0 Å². The highest BCUT2D eigenvalue weighted by Gasteiger charge is 2.23. The SMILES string of the molecule is COc1ccc(CO[C@H](COCc2ccc(C(=O)N[C@@H](CCSC)C(=O)O)c(-c3ccccc3C)c2)CC2CCCCC2)cc1. The molecule has 0 heterocycles. The number of ether oxygens (including phenoxy) is 3. The number of rotatable bonds is 17. The van der Waals surface area contributed by atoms with E-state index >= 15 is 0 Å². The van der Waals surface area contributed by atoms with Crippen LogP contribution in [0.1, 0.15) is 72.0 Å². The Morgan fingerprint density at radius 3 is 2.38 bits per heavy atom. The summed E-state index contributed by atoms with van der Waals surface area (Å²) in [6.45, 7) is 3.37. The molecule has 4 rings (SSSR count). The first-order valence-electron chi connectivity index (χ1n) is 15.9. The van der Waals surface area contributed by atoms with Crippen LogP contribution in [-0.4, -0.2) is 54.9 Å². The van der Waals surface area contributed by atoms with Crippen molar-refractivity contribution in [2.75, 3.05) is 25.7 Å². The summed E-state index contributed by atoms with van der Waals surface area (Å²) in [6, 6.07) is 20.6. The van der Waals surface area contributed by atoms with Crippen molar-refractivity contribution in [1.29, 1.82) is 0 Å². The highest BCUT2D eigenvalue weighted by atomic mass is 32.2. The van der Waals surface area contributed by atoms with Crippen LogP contribution in [0, 0.1) is 12.8 Å². The Morgan fingerprint density at radius 2 is 1.69 bits per heavy atom. The number of hydrogen-bond donors (Lipinski definition) is 2. The lowest BCUT2D eigenvalue weighted by molar-refractivity contribution is -0.139. The van der Waals surface area contributed by atoms with Gasteiger partial charge in [-0.2, -0.15) is 11.8 Å². The summed E-state index contributed by atoms with van der Waals surface area (Å²) in [6.07, 6.45) is 9.59. The number of carbonyl (C=O) groups excluding carboxylic acids is 1. The van der Waals surface area contributed by atoms with Crippen molar-refractivity contribution in [2.45, 2.75) is 77.2 Å².